The molecule has 2 aromatic rings. The molecule has 4 nitrogen and oxygen atoms in total. The molecule has 0 saturated heterocycles. The normalized spacial score (nSPS) is 14.5. The van der Waals surface area contributed by atoms with Gasteiger partial charge in [-0.2, -0.15) is 0 Å². The Labute approximate surface area is 109 Å². The molecule has 2 aromatic heterocycles. The largest absolute Gasteiger partial charge is 0.349 e. The van der Waals surface area contributed by atoms with Gasteiger partial charge < -0.3 is 5.32 Å². The topological polar surface area (TPSA) is 54.9 Å². The number of nitrogens with one attached hydrogen (secondary N) is 1. The SMILES string of the molecule is Cc1nc(-c2ccccn2)sc1C(=O)NC1CC1. The van der Waals surface area contributed by atoms with Crippen LogP contribution in [0.2, 0.25) is 0 Å². The molecular formula is C13H13N3OS. The number of aromatic nitrogens is 2. The lowest BCUT2D eigenvalue weighted by atomic mass is 10.3. The Balaban J connectivity index is 1.88. The maximum atomic E-state index is 12.0. The van der Waals surface area contributed by atoms with Crippen LogP contribution in [0, 0.1) is 6.92 Å². The van der Waals surface area contributed by atoms with E-state index in [4.69, 9.17) is 0 Å². The van der Waals surface area contributed by atoms with Gasteiger partial charge in [0.2, 0.25) is 0 Å². The highest BCUT2D eigenvalue weighted by Crippen LogP contribution is 2.27. The van der Waals surface area contributed by atoms with Crippen LogP contribution in [0.4, 0.5) is 0 Å². The van der Waals surface area contributed by atoms with E-state index < -0.39 is 0 Å². The molecule has 1 saturated carbocycles. The Kier molecular flexibility index (Phi) is 2.83. The number of pyridine rings is 1. The van der Waals surface area contributed by atoms with Crippen LogP contribution in [-0.4, -0.2) is 21.9 Å². The summed E-state index contributed by atoms with van der Waals surface area (Å²) in [5.74, 6) is -0.00492. The van der Waals surface area contributed by atoms with Crippen molar-refractivity contribution in [2.24, 2.45) is 0 Å². The average molecular weight is 259 g/mol. The second kappa shape index (κ2) is 4.49. The van der Waals surface area contributed by atoms with E-state index in [9.17, 15) is 4.79 Å². The van der Waals surface area contributed by atoms with E-state index in [2.05, 4.69) is 15.3 Å². The van der Waals surface area contributed by atoms with E-state index in [1.54, 1.807) is 6.20 Å². The van der Waals surface area contributed by atoms with Crippen molar-refractivity contribution in [3.63, 3.8) is 0 Å². The molecule has 0 bridgehead atoms. The van der Waals surface area contributed by atoms with Gasteiger partial charge in [-0.15, -0.1) is 11.3 Å². The lowest BCUT2D eigenvalue weighted by Gasteiger charge is -1.99. The quantitative estimate of drug-likeness (QED) is 0.921. The van der Waals surface area contributed by atoms with Gasteiger partial charge in [0.1, 0.15) is 9.88 Å². The summed E-state index contributed by atoms with van der Waals surface area (Å²) < 4.78 is 0. The monoisotopic (exact) mass is 259 g/mol. The fraction of sp³-hybridized carbons (Fsp3) is 0.308. The number of nitrogens with zero attached hydrogens (tertiary/aromatic N) is 2. The van der Waals surface area contributed by atoms with Crippen LogP contribution in [0.1, 0.15) is 28.2 Å². The number of carbonyl (C=O) groups excluding carboxylic acids is 1. The van der Waals surface area contributed by atoms with E-state index in [0.29, 0.717) is 10.9 Å². The molecule has 0 aliphatic heterocycles. The van der Waals surface area contributed by atoms with Crippen molar-refractivity contribution in [3.8, 4) is 10.7 Å². The summed E-state index contributed by atoms with van der Waals surface area (Å²) in [4.78, 5) is 21.4. The van der Waals surface area contributed by atoms with Gasteiger partial charge in [-0.1, -0.05) is 6.07 Å². The minimum atomic E-state index is -0.00492. The minimum absolute atomic E-state index is 0.00492. The first kappa shape index (κ1) is 11.3. The molecule has 92 valence electrons. The Hall–Kier alpha value is -1.75. The fourth-order valence-corrected chi connectivity index (χ4v) is 2.63. The number of rotatable bonds is 3. The summed E-state index contributed by atoms with van der Waals surface area (Å²) in [5.41, 5.74) is 1.59. The number of amides is 1. The lowest BCUT2D eigenvalue weighted by molar-refractivity contribution is 0.0954. The molecule has 0 radical (unpaired) electrons. The number of carbonyl (C=O) groups is 1. The van der Waals surface area contributed by atoms with Gasteiger partial charge in [0.25, 0.3) is 5.91 Å². The highest BCUT2D eigenvalue weighted by atomic mass is 32.1. The van der Waals surface area contributed by atoms with Crippen LogP contribution >= 0.6 is 11.3 Å². The standard InChI is InChI=1S/C13H13N3OS/c1-8-11(12(17)16-9-5-6-9)18-13(15-8)10-4-2-3-7-14-10/h2-4,7,9H,5-6H2,1H3,(H,16,17). The molecular weight excluding hydrogens is 246 g/mol. The van der Waals surface area contributed by atoms with E-state index in [-0.39, 0.29) is 5.91 Å². The summed E-state index contributed by atoms with van der Waals surface area (Å²) in [6.07, 6.45) is 3.92. The Bertz CT molecular complexity index is 575. The molecule has 0 aromatic carbocycles. The zero-order valence-corrected chi connectivity index (χ0v) is 10.8. The van der Waals surface area contributed by atoms with Crippen LogP contribution in [-0.2, 0) is 0 Å². The number of thiazole rings is 1. The number of hydrogen-bond acceptors (Lipinski definition) is 4. The highest BCUT2D eigenvalue weighted by molar-refractivity contribution is 7.17. The molecule has 18 heavy (non-hydrogen) atoms. The molecule has 1 amide bonds. The second-order valence-electron chi connectivity index (χ2n) is 4.40. The maximum Gasteiger partial charge on any atom is 0.263 e. The summed E-state index contributed by atoms with van der Waals surface area (Å²) in [7, 11) is 0. The van der Waals surface area contributed by atoms with Crippen molar-refractivity contribution in [1.29, 1.82) is 0 Å². The van der Waals surface area contributed by atoms with Gasteiger partial charge >= 0.3 is 0 Å². The zero-order chi connectivity index (χ0) is 12.5. The van der Waals surface area contributed by atoms with Crippen molar-refractivity contribution in [2.45, 2.75) is 25.8 Å². The summed E-state index contributed by atoms with van der Waals surface area (Å²) in [6.45, 7) is 1.87. The van der Waals surface area contributed by atoms with Gasteiger partial charge in [0.05, 0.1) is 11.4 Å². The zero-order valence-electron chi connectivity index (χ0n) is 10.0. The highest BCUT2D eigenvalue weighted by Gasteiger charge is 2.26. The summed E-state index contributed by atoms with van der Waals surface area (Å²) in [5, 5.41) is 3.79. The van der Waals surface area contributed by atoms with Crippen molar-refractivity contribution in [1.82, 2.24) is 15.3 Å². The molecule has 1 fully saturated rings. The van der Waals surface area contributed by atoms with Crippen LogP contribution < -0.4 is 5.32 Å². The molecule has 0 atom stereocenters. The lowest BCUT2D eigenvalue weighted by Crippen LogP contribution is -2.25. The predicted molar refractivity (Wildman–Crippen MR) is 70.6 cm³/mol. The molecule has 0 spiro atoms. The molecule has 2 heterocycles. The minimum Gasteiger partial charge on any atom is -0.349 e. The van der Waals surface area contributed by atoms with Crippen LogP contribution in [0.3, 0.4) is 0 Å². The second-order valence-corrected chi connectivity index (χ2v) is 5.40. The van der Waals surface area contributed by atoms with Crippen molar-refractivity contribution in [3.05, 3.63) is 35.0 Å². The van der Waals surface area contributed by atoms with Crippen LogP contribution in [0.15, 0.2) is 24.4 Å². The molecule has 3 rings (SSSR count). The van der Waals surface area contributed by atoms with Crippen molar-refractivity contribution in [2.75, 3.05) is 0 Å². The van der Waals surface area contributed by atoms with Crippen LogP contribution in [0.5, 0.6) is 0 Å². The first-order valence-electron chi connectivity index (χ1n) is 5.94. The molecule has 0 unspecified atom stereocenters. The van der Waals surface area contributed by atoms with Gasteiger partial charge in [-0.3, -0.25) is 9.78 Å². The number of aryl methyl sites for hydroxylation is 1. The first-order valence-corrected chi connectivity index (χ1v) is 6.75. The third kappa shape index (κ3) is 2.26. The summed E-state index contributed by atoms with van der Waals surface area (Å²) >= 11 is 1.40. The molecule has 5 heteroatoms. The van der Waals surface area contributed by atoms with E-state index in [0.717, 1.165) is 29.2 Å². The Morgan fingerprint density at radius 3 is 2.94 bits per heavy atom. The Morgan fingerprint density at radius 2 is 2.28 bits per heavy atom. The smallest absolute Gasteiger partial charge is 0.263 e. The molecule has 1 aliphatic carbocycles. The fourth-order valence-electron chi connectivity index (χ4n) is 1.68. The first-order chi connectivity index (χ1) is 8.74. The van der Waals surface area contributed by atoms with Gasteiger partial charge in [-0.25, -0.2) is 4.98 Å². The maximum absolute atomic E-state index is 12.0. The van der Waals surface area contributed by atoms with E-state index in [1.807, 2.05) is 25.1 Å². The van der Waals surface area contributed by atoms with Crippen molar-refractivity contribution >= 4 is 17.2 Å². The predicted octanol–water partition coefficient (Wildman–Crippen LogP) is 2.41. The van der Waals surface area contributed by atoms with Crippen LogP contribution in [0.25, 0.3) is 10.7 Å². The van der Waals surface area contributed by atoms with Gasteiger partial charge in [0, 0.05) is 12.2 Å². The van der Waals surface area contributed by atoms with E-state index in [1.165, 1.54) is 11.3 Å². The molecule has 1 N–H and O–H groups in total. The molecule has 1 aliphatic rings. The van der Waals surface area contributed by atoms with E-state index >= 15 is 0 Å². The summed E-state index contributed by atoms with van der Waals surface area (Å²) in [6, 6.07) is 6.06. The third-order valence-corrected chi connectivity index (χ3v) is 3.98. The van der Waals surface area contributed by atoms with Crippen molar-refractivity contribution < 1.29 is 4.79 Å². The third-order valence-electron chi connectivity index (χ3n) is 2.80. The van der Waals surface area contributed by atoms with Gasteiger partial charge in [-0.05, 0) is 31.9 Å². The Morgan fingerprint density at radius 1 is 1.44 bits per heavy atom. The van der Waals surface area contributed by atoms with Gasteiger partial charge in [0.15, 0.2) is 0 Å². The number of hydrogen-bond donors (Lipinski definition) is 1. The average Bonchev–Trinajstić information content (AvgIpc) is 3.10.